The third-order valence-electron chi connectivity index (χ3n) is 4.81. The van der Waals surface area contributed by atoms with Crippen molar-refractivity contribution in [2.75, 3.05) is 32.1 Å². The molecule has 1 aromatic carbocycles. The number of aliphatic hydroxyl groups is 1. The minimum absolute atomic E-state index is 0.0265. The number of sulfonamides is 1. The van der Waals surface area contributed by atoms with Crippen molar-refractivity contribution < 1.29 is 22.7 Å². The Morgan fingerprint density at radius 3 is 2.65 bits per heavy atom. The van der Waals surface area contributed by atoms with Crippen LogP contribution in [-0.2, 0) is 26.7 Å². The minimum atomic E-state index is -3.27. The van der Waals surface area contributed by atoms with Crippen LogP contribution in [0, 0.1) is 5.82 Å². The van der Waals surface area contributed by atoms with E-state index >= 15 is 0 Å². The Labute approximate surface area is 136 Å². The van der Waals surface area contributed by atoms with Crippen LogP contribution in [0.25, 0.3) is 0 Å². The Bertz CT molecular complexity index is 673. The van der Waals surface area contributed by atoms with Gasteiger partial charge >= 0.3 is 0 Å². The maximum atomic E-state index is 14.5. The van der Waals surface area contributed by atoms with Gasteiger partial charge in [-0.15, -0.1) is 0 Å². The average molecular weight is 343 g/mol. The lowest BCUT2D eigenvalue weighted by Gasteiger charge is -2.41. The average Bonchev–Trinajstić information content (AvgIpc) is 2.47. The van der Waals surface area contributed by atoms with Crippen molar-refractivity contribution in [1.29, 1.82) is 0 Å². The summed E-state index contributed by atoms with van der Waals surface area (Å²) in [6, 6.07) is 4.95. The van der Waals surface area contributed by atoms with Gasteiger partial charge in [0.1, 0.15) is 5.82 Å². The van der Waals surface area contributed by atoms with Crippen LogP contribution >= 0.6 is 0 Å². The van der Waals surface area contributed by atoms with Crippen LogP contribution in [0.2, 0.25) is 0 Å². The Morgan fingerprint density at radius 1 is 1.30 bits per heavy atom. The predicted octanol–water partition coefficient (Wildman–Crippen LogP) is 1.40. The summed E-state index contributed by atoms with van der Waals surface area (Å²) in [5.41, 5.74) is 0.880. The quantitative estimate of drug-likeness (QED) is 0.878. The molecule has 2 fully saturated rings. The lowest BCUT2D eigenvalue weighted by atomic mass is 9.76. The summed E-state index contributed by atoms with van der Waals surface area (Å²) in [7, 11) is -3.27. The standard InChI is InChI=1S/C16H22FNO4S/c17-15-9-14(16(5-7-19)11-22-12-16)4-3-13(15)10-18-6-1-2-8-23(18,20)21/h3-4,9,19H,1-2,5-8,10-12H2. The summed E-state index contributed by atoms with van der Waals surface area (Å²) in [5, 5.41) is 9.20. The summed E-state index contributed by atoms with van der Waals surface area (Å²) in [6.45, 7) is 1.52. The van der Waals surface area contributed by atoms with Crippen LogP contribution < -0.4 is 0 Å². The van der Waals surface area contributed by atoms with Crippen LogP contribution in [0.3, 0.4) is 0 Å². The maximum absolute atomic E-state index is 14.5. The molecule has 0 saturated carbocycles. The summed E-state index contributed by atoms with van der Waals surface area (Å²) in [5.74, 6) is -0.253. The molecule has 2 aliphatic rings. The van der Waals surface area contributed by atoms with Crippen molar-refractivity contribution in [3.8, 4) is 0 Å². The third-order valence-corrected chi connectivity index (χ3v) is 6.72. The molecular formula is C16H22FNO4S. The number of nitrogens with zero attached hydrogens (tertiary/aromatic N) is 1. The zero-order valence-electron chi connectivity index (χ0n) is 13.0. The van der Waals surface area contributed by atoms with Gasteiger partial charge < -0.3 is 9.84 Å². The fourth-order valence-corrected chi connectivity index (χ4v) is 4.80. The van der Waals surface area contributed by atoms with Gasteiger partial charge in [-0.3, -0.25) is 0 Å². The molecule has 0 unspecified atom stereocenters. The van der Waals surface area contributed by atoms with Crippen LogP contribution in [0.5, 0.6) is 0 Å². The van der Waals surface area contributed by atoms with Gasteiger partial charge in [-0.2, -0.15) is 4.31 Å². The highest BCUT2D eigenvalue weighted by Gasteiger charge is 2.40. The van der Waals surface area contributed by atoms with E-state index in [1.54, 1.807) is 6.07 Å². The Balaban J connectivity index is 1.80. The fraction of sp³-hybridized carbons (Fsp3) is 0.625. The molecular weight excluding hydrogens is 321 g/mol. The monoisotopic (exact) mass is 343 g/mol. The molecule has 0 amide bonds. The lowest BCUT2D eigenvalue weighted by molar-refractivity contribution is -0.0702. The SMILES string of the molecule is O=S1(=O)CCCCN1Cc1ccc(C2(CCO)COC2)cc1F. The van der Waals surface area contributed by atoms with Crippen LogP contribution in [-0.4, -0.2) is 49.9 Å². The third kappa shape index (κ3) is 3.28. The minimum Gasteiger partial charge on any atom is -0.396 e. The first-order valence-electron chi connectivity index (χ1n) is 7.92. The van der Waals surface area contributed by atoms with Crippen LogP contribution in [0.15, 0.2) is 18.2 Å². The molecule has 0 bridgehead atoms. The molecule has 0 aliphatic carbocycles. The highest BCUT2D eigenvalue weighted by molar-refractivity contribution is 7.89. The molecule has 23 heavy (non-hydrogen) atoms. The first kappa shape index (κ1) is 16.8. The number of hydrogen-bond donors (Lipinski definition) is 1. The molecule has 3 rings (SSSR count). The molecule has 1 N–H and O–H groups in total. The van der Waals surface area contributed by atoms with E-state index in [0.717, 1.165) is 12.0 Å². The molecule has 5 nitrogen and oxygen atoms in total. The van der Waals surface area contributed by atoms with Crippen LogP contribution in [0.4, 0.5) is 4.39 Å². The van der Waals surface area contributed by atoms with E-state index in [2.05, 4.69) is 0 Å². The number of aliphatic hydroxyl groups excluding tert-OH is 1. The molecule has 2 aliphatic heterocycles. The van der Waals surface area contributed by atoms with Gasteiger partial charge in [0.15, 0.2) is 0 Å². The topological polar surface area (TPSA) is 66.8 Å². The van der Waals surface area contributed by atoms with E-state index in [1.165, 1.54) is 10.4 Å². The second-order valence-corrected chi connectivity index (χ2v) is 8.50. The van der Waals surface area contributed by atoms with E-state index in [-0.39, 0.29) is 24.3 Å². The summed E-state index contributed by atoms with van der Waals surface area (Å²) in [4.78, 5) is 0. The predicted molar refractivity (Wildman–Crippen MR) is 84.0 cm³/mol. The van der Waals surface area contributed by atoms with Gasteiger partial charge in [-0.1, -0.05) is 12.1 Å². The zero-order valence-corrected chi connectivity index (χ0v) is 13.8. The molecule has 0 aromatic heterocycles. The van der Waals surface area contributed by atoms with Crippen molar-refractivity contribution in [3.05, 3.63) is 35.1 Å². The lowest BCUT2D eigenvalue weighted by Crippen LogP contribution is -2.47. The molecule has 2 heterocycles. The molecule has 7 heteroatoms. The highest BCUT2D eigenvalue weighted by Crippen LogP contribution is 2.36. The van der Waals surface area contributed by atoms with Crippen molar-refractivity contribution >= 4 is 10.0 Å². The van der Waals surface area contributed by atoms with Crippen molar-refractivity contribution in [1.82, 2.24) is 4.31 Å². The van der Waals surface area contributed by atoms with Crippen molar-refractivity contribution in [2.24, 2.45) is 0 Å². The zero-order chi connectivity index (χ0) is 16.5. The van der Waals surface area contributed by atoms with Gasteiger partial charge in [-0.05, 0) is 30.9 Å². The molecule has 128 valence electrons. The van der Waals surface area contributed by atoms with Crippen molar-refractivity contribution in [2.45, 2.75) is 31.2 Å². The molecule has 1 aromatic rings. The van der Waals surface area contributed by atoms with Gasteiger partial charge in [0.2, 0.25) is 10.0 Å². The van der Waals surface area contributed by atoms with E-state index in [4.69, 9.17) is 4.74 Å². The smallest absolute Gasteiger partial charge is 0.214 e. The van der Waals surface area contributed by atoms with Gasteiger partial charge in [0.05, 0.1) is 19.0 Å². The number of hydrogen-bond acceptors (Lipinski definition) is 4. The van der Waals surface area contributed by atoms with E-state index in [0.29, 0.717) is 38.2 Å². The Kier molecular flexibility index (Phi) is 4.73. The number of benzene rings is 1. The number of halogens is 1. The summed E-state index contributed by atoms with van der Waals surface area (Å²) < 4.78 is 45.1. The van der Waals surface area contributed by atoms with E-state index in [9.17, 15) is 17.9 Å². The number of ether oxygens (including phenoxy) is 1. The summed E-state index contributed by atoms with van der Waals surface area (Å²) in [6.07, 6.45) is 2.02. The first-order valence-corrected chi connectivity index (χ1v) is 9.53. The largest absolute Gasteiger partial charge is 0.396 e. The summed E-state index contributed by atoms with van der Waals surface area (Å²) >= 11 is 0. The first-order chi connectivity index (χ1) is 11.0. The second kappa shape index (κ2) is 6.47. The molecule has 2 saturated heterocycles. The van der Waals surface area contributed by atoms with Crippen molar-refractivity contribution in [3.63, 3.8) is 0 Å². The van der Waals surface area contributed by atoms with Crippen LogP contribution in [0.1, 0.15) is 30.4 Å². The highest BCUT2D eigenvalue weighted by atomic mass is 32.2. The maximum Gasteiger partial charge on any atom is 0.214 e. The van der Waals surface area contributed by atoms with E-state index in [1.807, 2.05) is 6.07 Å². The number of rotatable bonds is 5. The second-order valence-electron chi connectivity index (χ2n) is 6.41. The van der Waals surface area contributed by atoms with Gasteiger partial charge in [0.25, 0.3) is 0 Å². The molecule has 0 atom stereocenters. The molecule has 0 spiro atoms. The van der Waals surface area contributed by atoms with E-state index < -0.39 is 15.8 Å². The fourth-order valence-electron chi connectivity index (χ4n) is 3.23. The Morgan fingerprint density at radius 2 is 2.09 bits per heavy atom. The Hall–Kier alpha value is -1.02. The normalized spacial score (nSPS) is 23.4. The van der Waals surface area contributed by atoms with Gasteiger partial charge in [-0.25, -0.2) is 12.8 Å². The van der Waals surface area contributed by atoms with Gasteiger partial charge in [0, 0.05) is 30.7 Å². The molecule has 0 radical (unpaired) electrons.